The lowest BCUT2D eigenvalue weighted by molar-refractivity contribution is -0.113. The molecule has 0 heterocycles. The van der Waals surface area contributed by atoms with Crippen LogP contribution in [-0.2, 0) is 10.2 Å². The zero-order valence-corrected chi connectivity index (χ0v) is 9.47. The number of amides is 1. The highest BCUT2D eigenvalue weighted by atomic mass is 35.5. The first-order valence-electron chi connectivity index (χ1n) is 5.10. The minimum atomic E-state index is -0.165. The Morgan fingerprint density at radius 1 is 1.40 bits per heavy atom. The van der Waals surface area contributed by atoms with Crippen LogP contribution in [0.15, 0.2) is 24.3 Å². The maximum absolute atomic E-state index is 11.0. The van der Waals surface area contributed by atoms with Gasteiger partial charge in [0.15, 0.2) is 0 Å². The Morgan fingerprint density at radius 3 is 2.47 bits per heavy atom. The summed E-state index contributed by atoms with van der Waals surface area (Å²) in [6.07, 6.45) is 2.53. The highest BCUT2D eigenvalue weighted by Gasteiger charge is 2.38. The van der Waals surface area contributed by atoms with E-state index in [4.69, 9.17) is 11.6 Å². The van der Waals surface area contributed by atoms with E-state index in [2.05, 4.69) is 24.4 Å². The molecule has 0 saturated heterocycles. The molecular weight excluding hydrogens is 210 g/mol. The van der Waals surface area contributed by atoms with E-state index in [0.717, 1.165) is 5.69 Å². The molecule has 0 atom stereocenters. The average Bonchev–Trinajstić information content (AvgIpc) is 2.98. The number of hydrogen-bond donors (Lipinski definition) is 1. The zero-order valence-electron chi connectivity index (χ0n) is 8.72. The van der Waals surface area contributed by atoms with Gasteiger partial charge in [-0.25, -0.2) is 0 Å². The Morgan fingerprint density at radius 2 is 2.00 bits per heavy atom. The van der Waals surface area contributed by atoms with Crippen molar-refractivity contribution in [3.63, 3.8) is 0 Å². The van der Waals surface area contributed by atoms with E-state index in [9.17, 15) is 4.79 Å². The van der Waals surface area contributed by atoms with Gasteiger partial charge >= 0.3 is 0 Å². The predicted octanol–water partition coefficient (Wildman–Crippen LogP) is 2.92. The summed E-state index contributed by atoms with van der Waals surface area (Å²) in [6.45, 7) is 2.26. The standard InChI is InChI=1S/C12H14ClNO/c1-12(6-7-12)9-2-4-10(5-3-9)14-11(15)8-13/h2-5H,6-8H2,1H3,(H,14,15). The summed E-state index contributed by atoms with van der Waals surface area (Å²) in [7, 11) is 0. The molecule has 1 aliphatic carbocycles. The lowest BCUT2D eigenvalue weighted by atomic mass is 9.98. The Bertz CT molecular complexity index is 368. The van der Waals surface area contributed by atoms with E-state index >= 15 is 0 Å². The Hall–Kier alpha value is -1.02. The number of alkyl halides is 1. The fourth-order valence-corrected chi connectivity index (χ4v) is 1.69. The molecule has 1 N–H and O–H groups in total. The van der Waals surface area contributed by atoms with Gasteiger partial charge in [-0.2, -0.15) is 0 Å². The summed E-state index contributed by atoms with van der Waals surface area (Å²) in [6, 6.07) is 8.03. The van der Waals surface area contributed by atoms with Crippen LogP contribution in [0.3, 0.4) is 0 Å². The maximum atomic E-state index is 11.0. The second-order valence-electron chi connectivity index (χ2n) is 4.32. The third-order valence-electron chi connectivity index (χ3n) is 2.99. The van der Waals surface area contributed by atoms with E-state index in [1.54, 1.807) is 0 Å². The fraction of sp³-hybridized carbons (Fsp3) is 0.417. The van der Waals surface area contributed by atoms with E-state index < -0.39 is 0 Å². The van der Waals surface area contributed by atoms with Crippen molar-refractivity contribution in [1.82, 2.24) is 0 Å². The van der Waals surface area contributed by atoms with E-state index in [0.29, 0.717) is 5.41 Å². The van der Waals surface area contributed by atoms with E-state index in [1.807, 2.05) is 12.1 Å². The molecule has 0 aliphatic heterocycles. The summed E-state index contributed by atoms with van der Waals surface area (Å²) in [4.78, 5) is 11.0. The van der Waals surface area contributed by atoms with Crippen molar-refractivity contribution in [3.8, 4) is 0 Å². The Labute approximate surface area is 94.6 Å². The minimum Gasteiger partial charge on any atom is -0.325 e. The second-order valence-corrected chi connectivity index (χ2v) is 4.59. The number of rotatable bonds is 3. The number of nitrogens with one attached hydrogen (secondary N) is 1. The third-order valence-corrected chi connectivity index (χ3v) is 3.23. The number of anilines is 1. The van der Waals surface area contributed by atoms with E-state index in [-0.39, 0.29) is 11.8 Å². The molecule has 1 fully saturated rings. The SMILES string of the molecule is CC1(c2ccc(NC(=O)CCl)cc2)CC1. The molecule has 0 spiro atoms. The molecule has 3 heteroatoms. The number of carbonyl (C=O) groups is 1. The normalized spacial score (nSPS) is 17.2. The number of halogens is 1. The first-order chi connectivity index (χ1) is 7.14. The molecule has 0 aromatic heterocycles. The van der Waals surface area contributed by atoms with Crippen LogP contribution in [0.2, 0.25) is 0 Å². The molecule has 0 bridgehead atoms. The number of carbonyl (C=O) groups excluding carboxylic acids is 1. The lowest BCUT2D eigenvalue weighted by Crippen LogP contribution is -2.12. The topological polar surface area (TPSA) is 29.1 Å². The van der Waals surface area contributed by atoms with Crippen LogP contribution in [0.5, 0.6) is 0 Å². The van der Waals surface area contributed by atoms with Crippen LogP contribution < -0.4 is 5.32 Å². The largest absolute Gasteiger partial charge is 0.325 e. The summed E-state index contributed by atoms with van der Waals surface area (Å²) in [5, 5.41) is 2.72. The average molecular weight is 224 g/mol. The molecule has 2 rings (SSSR count). The van der Waals surface area contributed by atoms with Gasteiger partial charge in [0.1, 0.15) is 5.88 Å². The van der Waals surface area contributed by atoms with E-state index in [1.165, 1.54) is 18.4 Å². The molecular formula is C12H14ClNO. The summed E-state index contributed by atoms with van der Waals surface area (Å²) < 4.78 is 0. The van der Waals surface area contributed by atoms with Crippen molar-refractivity contribution in [1.29, 1.82) is 0 Å². The smallest absolute Gasteiger partial charge is 0.239 e. The van der Waals surface area contributed by atoms with Crippen LogP contribution >= 0.6 is 11.6 Å². The van der Waals surface area contributed by atoms with Crippen LogP contribution in [-0.4, -0.2) is 11.8 Å². The van der Waals surface area contributed by atoms with Crippen molar-refractivity contribution in [3.05, 3.63) is 29.8 Å². The van der Waals surface area contributed by atoms with Gasteiger partial charge in [0.05, 0.1) is 0 Å². The van der Waals surface area contributed by atoms with Crippen molar-refractivity contribution >= 4 is 23.2 Å². The van der Waals surface area contributed by atoms with Gasteiger partial charge < -0.3 is 5.32 Å². The number of benzene rings is 1. The maximum Gasteiger partial charge on any atom is 0.239 e. The number of hydrogen-bond acceptors (Lipinski definition) is 1. The summed E-state index contributed by atoms with van der Waals surface area (Å²) >= 11 is 5.40. The van der Waals surface area contributed by atoms with Gasteiger partial charge in [-0.3, -0.25) is 4.79 Å². The first kappa shape index (κ1) is 10.5. The van der Waals surface area contributed by atoms with Gasteiger partial charge in [0.2, 0.25) is 5.91 Å². The van der Waals surface area contributed by atoms with Gasteiger partial charge in [0, 0.05) is 5.69 Å². The van der Waals surface area contributed by atoms with Crippen LogP contribution in [0, 0.1) is 0 Å². The molecule has 1 saturated carbocycles. The summed E-state index contributed by atoms with van der Waals surface area (Å²) in [5.74, 6) is -0.165. The van der Waals surface area contributed by atoms with Crippen LogP contribution in [0.25, 0.3) is 0 Å². The fourth-order valence-electron chi connectivity index (χ4n) is 1.63. The molecule has 1 aliphatic rings. The van der Waals surface area contributed by atoms with Gasteiger partial charge in [0.25, 0.3) is 0 Å². The third kappa shape index (κ3) is 2.32. The molecule has 1 aromatic carbocycles. The molecule has 15 heavy (non-hydrogen) atoms. The molecule has 1 amide bonds. The second kappa shape index (κ2) is 3.86. The molecule has 80 valence electrons. The molecule has 0 unspecified atom stereocenters. The quantitative estimate of drug-likeness (QED) is 0.785. The van der Waals surface area contributed by atoms with Gasteiger partial charge in [-0.15, -0.1) is 11.6 Å². The van der Waals surface area contributed by atoms with Crippen molar-refractivity contribution in [2.24, 2.45) is 0 Å². The van der Waals surface area contributed by atoms with Crippen molar-refractivity contribution in [2.45, 2.75) is 25.2 Å². The van der Waals surface area contributed by atoms with Crippen LogP contribution in [0.1, 0.15) is 25.3 Å². The molecule has 1 aromatic rings. The Kier molecular flexibility index (Phi) is 2.70. The highest BCUT2D eigenvalue weighted by Crippen LogP contribution is 2.47. The lowest BCUT2D eigenvalue weighted by Gasteiger charge is -2.09. The summed E-state index contributed by atoms with van der Waals surface area (Å²) in [5.41, 5.74) is 2.55. The van der Waals surface area contributed by atoms with Gasteiger partial charge in [-0.1, -0.05) is 19.1 Å². The molecule has 0 radical (unpaired) electrons. The Balaban J connectivity index is 2.07. The predicted molar refractivity (Wildman–Crippen MR) is 62.4 cm³/mol. The van der Waals surface area contributed by atoms with Crippen LogP contribution in [0.4, 0.5) is 5.69 Å². The monoisotopic (exact) mass is 223 g/mol. The van der Waals surface area contributed by atoms with Crippen molar-refractivity contribution < 1.29 is 4.79 Å². The van der Waals surface area contributed by atoms with Crippen molar-refractivity contribution in [2.75, 3.05) is 11.2 Å². The first-order valence-corrected chi connectivity index (χ1v) is 5.64. The molecule has 2 nitrogen and oxygen atoms in total. The minimum absolute atomic E-state index is 0.000529. The zero-order chi connectivity index (χ0) is 10.9. The van der Waals surface area contributed by atoms with Gasteiger partial charge in [-0.05, 0) is 36.0 Å². The highest BCUT2D eigenvalue weighted by molar-refractivity contribution is 6.29.